The first-order valence-electron chi connectivity index (χ1n) is 10.5. The molecule has 0 spiro atoms. The molecule has 0 unspecified atom stereocenters. The van der Waals surface area contributed by atoms with E-state index in [0.29, 0.717) is 29.3 Å². The fraction of sp³-hybridized carbons (Fsp3) is 0.160. The third kappa shape index (κ3) is 5.02. The molecule has 2 N–H and O–H groups in total. The number of hydrogen-bond donors (Lipinski definition) is 2. The Hall–Kier alpha value is -3.36. The minimum Gasteiger partial charge on any atom is -0.495 e. The van der Waals surface area contributed by atoms with Crippen molar-refractivity contribution in [1.82, 2.24) is 9.29 Å². The van der Waals surface area contributed by atoms with Gasteiger partial charge in [-0.05, 0) is 67.5 Å². The predicted octanol–water partition coefficient (Wildman–Crippen LogP) is 4.72. The predicted molar refractivity (Wildman–Crippen MR) is 137 cm³/mol. The van der Waals surface area contributed by atoms with Gasteiger partial charge in [0.1, 0.15) is 5.75 Å². The molecule has 0 atom stereocenters. The maximum absolute atomic E-state index is 13.2. The van der Waals surface area contributed by atoms with Gasteiger partial charge >= 0.3 is 0 Å². The Bertz CT molecular complexity index is 1390. The summed E-state index contributed by atoms with van der Waals surface area (Å²) in [5.74, 6) is 0.711. The van der Waals surface area contributed by atoms with Gasteiger partial charge in [-0.1, -0.05) is 42.0 Å². The highest BCUT2D eigenvalue weighted by atomic mass is 32.2. The third-order valence-electron chi connectivity index (χ3n) is 5.35. The SMILES string of the molecule is COc1ccccc1NC(=S)NCCc1ccc2ccn(S(=O)(=O)c3ccc(C)cc3)c2c1. The monoisotopic (exact) mass is 479 g/mol. The van der Waals surface area contributed by atoms with Gasteiger partial charge in [0.2, 0.25) is 0 Å². The summed E-state index contributed by atoms with van der Waals surface area (Å²) in [7, 11) is -2.06. The maximum atomic E-state index is 13.2. The number of aromatic nitrogens is 1. The van der Waals surface area contributed by atoms with Crippen LogP contribution in [0.1, 0.15) is 11.1 Å². The molecule has 0 aliphatic carbocycles. The number of methoxy groups -OCH3 is 1. The van der Waals surface area contributed by atoms with Crippen molar-refractivity contribution in [1.29, 1.82) is 0 Å². The lowest BCUT2D eigenvalue weighted by Gasteiger charge is -2.13. The van der Waals surface area contributed by atoms with Crippen LogP contribution in [0.25, 0.3) is 10.9 Å². The smallest absolute Gasteiger partial charge is 0.268 e. The summed E-state index contributed by atoms with van der Waals surface area (Å²) in [5, 5.41) is 7.69. The lowest BCUT2D eigenvalue weighted by atomic mass is 10.1. The number of rotatable bonds is 7. The molecule has 1 heterocycles. The Kier molecular flexibility index (Phi) is 6.67. The minimum atomic E-state index is -3.67. The van der Waals surface area contributed by atoms with Gasteiger partial charge in [-0.3, -0.25) is 0 Å². The van der Waals surface area contributed by atoms with Crippen molar-refractivity contribution in [2.45, 2.75) is 18.2 Å². The van der Waals surface area contributed by atoms with E-state index >= 15 is 0 Å². The number of nitrogens with zero attached hydrogens (tertiary/aromatic N) is 1. The molecule has 4 rings (SSSR count). The number of fused-ring (bicyclic) bond motifs is 1. The van der Waals surface area contributed by atoms with Gasteiger partial charge in [-0.25, -0.2) is 12.4 Å². The zero-order valence-electron chi connectivity index (χ0n) is 18.4. The number of nitrogens with one attached hydrogen (secondary N) is 2. The van der Waals surface area contributed by atoms with E-state index in [9.17, 15) is 8.42 Å². The van der Waals surface area contributed by atoms with E-state index in [2.05, 4.69) is 10.6 Å². The van der Waals surface area contributed by atoms with E-state index < -0.39 is 10.0 Å². The molecule has 170 valence electrons. The zero-order chi connectivity index (χ0) is 23.4. The van der Waals surface area contributed by atoms with Gasteiger partial charge in [-0.2, -0.15) is 0 Å². The zero-order valence-corrected chi connectivity index (χ0v) is 20.0. The summed E-state index contributed by atoms with van der Waals surface area (Å²) in [6.45, 7) is 2.53. The van der Waals surface area contributed by atoms with E-state index in [1.54, 1.807) is 37.6 Å². The first kappa shape index (κ1) is 22.8. The summed E-state index contributed by atoms with van der Waals surface area (Å²) in [6, 6.07) is 22.1. The van der Waals surface area contributed by atoms with Crippen LogP contribution in [-0.4, -0.2) is 31.2 Å². The van der Waals surface area contributed by atoms with Crippen molar-refractivity contribution in [3.63, 3.8) is 0 Å². The average Bonchev–Trinajstić information content (AvgIpc) is 3.24. The molecular weight excluding hydrogens is 454 g/mol. The summed E-state index contributed by atoms with van der Waals surface area (Å²) >= 11 is 5.39. The largest absolute Gasteiger partial charge is 0.495 e. The molecule has 4 aromatic rings. The van der Waals surface area contributed by atoms with E-state index in [1.165, 1.54) is 3.97 Å². The van der Waals surface area contributed by atoms with Gasteiger partial charge in [0.15, 0.2) is 5.11 Å². The third-order valence-corrected chi connectivity index (χ3v) is 7.30. The molecular formula is C25H25N3O3S2. The number of ether oxygens (including phenoxy) is 1. The molecule has 0 amide bonds. The molecule has 6 nitrogen and oxygen atoms in total. The van der Waals surface area contributed by atoms with Crippen molar-refractivity contribution in [2.75, 3.05) is 19.0 Å². The van der Waals surface area contributed by atoms with Gasteiger partial charge in [0.25, 0.3) is 10.0 Å². The second kappa shape index (κ2) is 9.64. The molecule has 0 bridgehead atoms. The number of benzene rings is 3. The molecule has 0 fully saturated rings. The van der Waals surface area contributed by atoms with Crippen molar-refractivity contribution >= 4 is 43.9 Å². The van der Waals surface area contributed by atoms with E-state index in [1.807, 2.05) is 55.5 Å². The van der Waals surface area contributed by atoms with Gasteiger partial charge in [0, 0.05) is 18.1 Å². The summed E-state index contributed by atoms with van der Waals surface area (Å²) in [6.07, 6.45) is 2.29. The highest BCUT2D eigenvalue weighted by Crippen LogP contribution is 2.24. The number of thiocarbonyl (C=S) groups is 1. The molecule has 1 aromatic heterocycles. The Morgan fingerprint density at radius 1 is 1.03 bits per heavy atom. The molecule has 3 aromatic carbocycles. The second-order valence-electron chi connectivity index (χ2n) is 7.65. The highest BCUT2D eigenvalue weighted by Gasteiger charge is 2.18. The van der Waals surface area contributed by atoms with Gasteiger partial charge in [0.05, 0.1) is 23.2 Å². The van der Waals surface area contributed by atoms with Crippen molar-refractivity contribution < 1.29 is 13.2 Å². The van der Waals surface area contributed by atoms with Crippen LogP contribution in [0.15, 0.2) is 83.9 Å². The lowest BCUT2D eigenvalue weighted by molar-refractivity contribution is 0.417. The van der Waals surface area contributed by atoms with E-state index in [0.717, 1.165) is 22.2 Å². The summed E-state index contributed by atoms with van der Waals surface area (Å²) in [4.78, 5) is 0.269. The van der Waals surface area contributed by atoms with Crippen LogP contribution in [0.5, 0.6) is 5.75 Å². The Balaban J connectivity index is 1.46. The fourth-order valence-electron chi connectivity index (χ4n) is 3.57. The molecule has 8 heteroatoms. The van der Waals surface area contributed by atoms with Gasteiger partial charge in [-0.15, -0.1) is 0 Å². The summed E-state index contributed by atoms with van der Waals surface area (Å²) < 4.78 is 33.0. The standard InChI is InChI=1S/C25H25N3O3S2/c1-18-7-11-21(12-8-18)33(29,30)28-16-14-20-10-9-19(17-23(20)28)13-15-26-25(32)27-22-5-3-4-6-24(22)31-2/h3-12,14,16-17H,13,15H2,1-2H3,(H2,26,27,32). The molecule has 0 saturated heterocycles. The fourth-order valence-corrected chi connectivity index (χ4v) is 5.13. The second-order valence-corrected chi connectivity index (χ2v) is 9.88. The Labute approximate surface area is 199 Å². The molecule has 0 saturated carbocycles. The van der Waals surface area contributed by atoms with E-state index in [-0.39, 0.29) is 4.90 Å². The molecule has 0 aliphatic rings. The number of aryl methyl sites for hydroxylation is 1. The van der Waals surface area contributed by atoms with Crippen LogP contribution in [0, 0.1) is 6.92 Å². The quantitative estimate of drug-likeness (QED) is 0.374. The minimum absolute atomic E-state index is 0.269. The van der Waals surface area contributed by atoms with Crippen LogP contribution in [0.2, 0.25) is 0 Å². The first-order valence-corrected chi connectivity index (χ1v) is 12.3. The van der Waals surface area contributed by atoms with Crippen molar-refractivity contribution in [3.05, 3.63) is 90.1 Å². The van der Waals surface area contributed by atoms with Gasteiger partial charge < -0.3 is 15.4 Å². The molecule has 0 aliphatic heterocycles. The number of hydrogen-bond acceptors (Lipinski definition) is 4. The molecule has 0 radical (unpaired) electrons. The van der Waals surface area contributed by atoms with Crippen LogP contribution in [-0.2, 0) is 16.4 Å². The Morgan fingerprint density at radius 2 is 1.79 bits per heavy atom. The average molecular weight is 480 g/mol. The first-order chi connectivity index (χ1) is 15.9. The van der Waals surface area contributed by atoms with Crippen molar-refractivity contribution in [3.8, 4) is 5.75 Å². The maximum Gasteiger partial charge on any atom is 0.268 e. The Morgan fingerprint density at radius 3 is 2.55 bits per heavy atom. The normalized spacial score (nSPS) is 11.3. The highest BCUT2D eigenvalue weighted by molar-refractivity contribution is 7.90. The van der Waals surface area contributed by atoms with Crippen LogP contribution < -0.4 is 15.4 Å². The van der Waals surface area contributed by atoms with Crippen LogP contribution >= 0.6 is 12.2 Å². The summed E-state index contributed by atoms with van der Waals surface area (Å²) in [5.41, 5.74) is 3.47. The topological polar surface area (TPSA) is 72.4 Å². The number of para-hydroxylation sites is 2. The van der Waals surface area contributed by atoms with Crippen molar-refractivity contribution in [2.24, 2.45) is 0 Å². The number of anilines is 1. The molecule has 33 heavy (non-hydrogen) atoms. The van der Waals surface area contributed by atoms with Crippen LogP contribution in [0.4, 0.5) is 5.69 Å². The van der Waals surface area contributed by atoms with E-state index in [4.69, 9.17) is 17.0 Å². The lowest BCUT2D eigenvalue weighted by Crippen LogP contribution is -2.30. The van der Waals surface area contributed by atoms with Crippen LogP contribution in [0.3, 0.4) is 0 Å².